The molecule has 0 saturated heterocycles. The van der Waals surface area contributed by atoms with Gasteiger partial charge in [-0.25, -0.2) is 0 Å². The molecule has 0 fully saturated rings. The van der Waals surface area contributed by atoms with Crippen LogP contribution in [0.5, 0.6) is 5.75 Å². The van der Waals surface area contributed by atoms with Crippen LogP contribution < -0.4 is 10.5 Å². The van der Waals surface area contributed by atoms with E-state index in [1.54, 1.807) is 6.07 Å². The number of nitrogens with zero attached hydrogens (tertiary/aromatic N) is 1. The molecule has 1 aliphatic rings. The topological polar surface area (TPSA) is 94.6 Å². The highest BCUT2D eigenvalue weighted by Gasteiger charge is 2.45. The highest BCUT2D eigenvalue weighted by atomic mass is 31.2. The highest BCUT2D eigenvalue weighted by molar-refractivity contribution is 7.54. The molecule has 0 saturated carbocycles. The van der Waals surface area contributed by atoms with Gasteiger partial charge in [0.15, 0.2) is 0 Å². The fourth-order valence-electron chi connectivity index (χ4n) is 2.66. The standard InChI is InChI=1S/C16H21N2O4P/c1-16(2,3)12-8-6-7-10-13(12)22-15(18)11(9-17)14(10)23(19,20-4)21-5/h6-8,14H,18H2,1-5H3. The van der Waals surface area contributed by atoms with Crippen molar-refractivity contribution >= 4 is 7.60 Å². The van der Waals surface area contributed by atoms with Crippen LogP contribution in [0.25, 0.3) is 0 Å². The van der Waals surface area contributed by atoms with Crippen LogP contribution in [0.4, 0.5) is 0 Å². The molecule has 0 amide bonds. The van der Waals surface area contributed by atoms with E-state index < -0.39 is 13.3 Å². The molecule has 1 unspecified atom stereocenters. The van der Waals surface area contributed by atoms with E-state index in [1.807, 2.05) is 39.0 Å². The largest absolute Gasteiger partial charge is 0.440 e. The molecule has 23 heavy (non-hydrogen) atoms. The van der Waals surface area contributed by atoms with Crippen LogP contribution in [0.3, 0.4) is 0 Å². The molecule has 0 radical (unpaired) electrons. The summed E-state index contributed by atoms with van der Waals surface area (Å²) in [4.78, 5) is 0. The summed E-state index contributed by atoms with van der Waals surface area (Å²) in [5.74, 6) is 0.437. The third-order valence-corrected chi connectivity index (χ3v) is 6.03. The van der Waals surface area contributed by atoms with Gasteiger partial charge in [0.2, 0.25) is 5.88 Å². The molecule has 0 bridgehead atoms. The number of rotatable bonds is 3. The minimum atomic E-state index is -3.61. The number of fused-ring (bicyclic) bond motifs is 1. The number of nitriles is 1. The van der Waals surface area contributed by atoms with Crippen molar-refractivity contribution in [1.29, 1.82) is 5.26 Å². The highest BCUT2D eigenvalue weighted by Crippen LogP contribution is 2.66. The number of hydrogen-bond donors (Lipinski definition) is 1. The predicted molar refractivity (Wildman–Crippen MR) is 87.0 cm³/mol. The van der Waals surface area contributed by atoms with Gasteiger partial charge in [0.05, 0.1) is 0 Å². The molecule has 0 aromatic heterocycles. The Hall–Kier alpha value is -1.80. The zero-order valence-corrected chi connectivity index (χ0v) is 14.8. The molecule has 1 atom stereocenters. The van der Waals surface area contributed by atoms with Crippen molar-refractivity contribution in [3.63, 3.8) is 0 Å². The second kappa shape index (κ2) is 6.01. The molecular weight excluding hydrogens is 315 g/mol. The first kappa shape index (κ1) is 17.6. The summed E-state index contributed by atoms with van der Waals surface area (Å²) in [6.45, 7) is 6.10. The molecule has 2 rings (SSSR count). The summed E-state index contributed by atoms with van der Waals surface area (Å²) in [5, 5.41) is 9.44. The van der Waals surface area contributed by atoms with Crippen LogP contribution >= 0.6 is 7.60 Å². The Balaban J connectivity index is 2.79. The van der Waals surface area contributed by atoms with Crippen molar-refractivity contribution in [2.45, 2.75) is 31.8 Å². The van der Waals surface area contributed by atoms with E-state index in [2.05, 4.69) is 0 Å². The molecule has 1 aromatic rings. The van der Waals surface area contributed by atoms with Gasteiger partial charge < -0.3 is 19.5 Å². The molecule has 1 aliphatic heterocycles. The van der Waals surface area contributed by atoms with Crippen LogP contribution in [0.1, 0.15) is 37.6 Å². The lowest BCUT2D eigenvalue weighted by Gasteiger charge is -2.33. The smallest absolute Gasteiger partial charge is 0.343 e. The van der Waals surface area contributed by atoms with E-state index in [-0.39, 0.29) is 16.9 Å². The zero-order valence-electron chi connectivity index (χ0n) is 13.9. The van der Waals surface area contributed by atoms with Gasteiger partial charge in [-0.1, -0.05) is 39.0 Å². The van der Waals surface area contributed by atoms with Gasteiger partial charge in [-0.15, -0.1) is 0 Å². The number of nitrogens with two attached hydrogens (primary N) is 1. The Morgan fingerprint density at radius 2 is 1.91 bits per heavy atom. The number of ether oxygens (including phenoxy) is 1. The van der Waals surface area contributed by atoms with E-state index in [0.717, 1.165) is 5.56 Å². The zero-order chi connectivity index (χ0) is 17.4. The van der Waals surface area contributed by atoms with Crippen molar-refractivity contribution < 1.29 is 18.3 Å². The maximum atomic E-state index is 13.0. The van der Waals surface area contributed by atoms with Crippen LogP contribution in [0.15, 0.2) is 29.7 Å². The molecular formula is C16H21N2O4P. The summed E-state index contributed by atoms with van der Waals surface area (Å²) >= 11 is 0. The van der Waals surface area contributed by atoms with E-state index in [9.17, 15) is 9.83 Å². The molecule has 1 aromatic carbocycles. The number of para-hydroxylation sites is 1. The number of benzene rings is 1. The van der Waals surface area contributed by atoms with Crippen molar-refractivity contribution in [3.05, 3.63) is 40.8 Å². The average Bonchev–Trinajstić information content (AvgIpc) is 2.51. The first-order valence-electron chi connectivity index (χ1n) is 7.11. The second-order valence-corrected chi connectivity index (χ2v) is 8.60. The summed E-state index contributed by atoms with van der Waals surface area (Å²) in [5.41, 5.74) is 6.32. The van der Waals surface area contributed by atoms with Gasteiger partial charge in [0.25, 0.3) is 0 Å². The van der Waals surface area contributed by atoms with Gasteiger partial charge in [-0.2, -0.15) is 5.26 Å². The Morgan fingerprint density at radius 1 is 1.30 bits per heavy atom. The molecule has 1 heterocycles. The third-order valence-electron chi connectivity index (χ3n) is 3.84. The predicted octanol–water partition coefficient (Wildman–Crippen LogP) is 3.60. The lowest BCUT2D eigenvalue weighted by Crippen LogP contribution is -2.24. The Kier molecular flexibility index (Phi) is 4.59. The average molecular weight is 336 g/mol. The monoisotopic (exact) mass is 336 g/mol. The maximum absolute atomic E-state index is 13.0. The number of allylic oxidation sites excluding steroid dienone is 1. The first-order chi connectivity index (χ1) is 10.7. The van der Waals surface area contributed by atoms with Gasteiger partial charge in [-0.05, 0) is 5.41 Å². The number of hydrogen-bond acceptors (Lipinski definition) is 6. The van der Waals surface area contributed by atoms with Crippen LogP contribution in [0.2, 0.25) is 0 Å². The molecule has 7 heteroatoms. The maximum Gasteiger partial charge on any atom is 0.343 e. The third kappa shape index (κ3) is 2.88. The Bertz CT molecular complexity index is 735. The van der Waals surface area contributed by atoms with E-state index >= 15 is 0 Å². The summed E-state index contributed by atoms with van der Waals surface area (Å²) in [7, 11) is -1.03. The summed E-state index contributed by atoms with van der Waals surface area (Å²) < 4.78 is 29.0. The van der Waals surface area contributed by atoms with Crippen LogP contribution in [0, 0.1) is 11.3 Å². The van der Waals surface area contributed by atoms with Gasteiger partial charge in [0, 0.05) is 25.3 Å². The van der Waals surface area contributed by atoms with E-state index in [1.165, 1.54) is 14.2 Å². The minimum Gasteiger partial charge on any atom is -0.440 e. The Morgan fingerprint density at radius 3 is 2.39 bits per heavy atom. The van der Waals surface area contributed by atoms with Crippen LogP contribution in [-0.2, 0) is 19.0 Å². The fourth-order valence-corrected chi connectivity index (χ4v) is 4.28. The van der Waals surface area contributed by atoms with Crippen molar-refractivity contribution in [2.24, 2.45) is 5.73 Å². The SMILES string of the molecule is COP(=O)(OC)C1C(C#N)=C(N)Oc2c1cccc2C(C)(C)C. The van der Waals surface area contributed by atoms with Gasteiger partial charge >= 0.3 is 7.60 Å². The molecule has 124 valence electrons. The Labute approximate surface area is 136 Å². The quantitative estimate of drug-likeness (QED) is 0.848. The van der Waals surface area contributed by atoms with E-state index in [4.69, 9.17) is 19.5 Å². The van der Waals surface area contributed by atoms with Crippen molar-refractivity contribution in [3.8, 4) is 11.8 Å². The van der Waals surface area contributed by atoms with Gasteiger partial charge in [0.1, 0.15) is 23.1 Å². The molecule has 6 nitrogen and oxygen atoms in total. The molecule has 0 aliphatic carbocycles. The van der Waals surface area contributed by atoms with Gasteiger partial charge in [-0.3, -0.25) is 4.57 Å². The normalized spacial score (nSPS) is 18.2. The van der Waals surface area contributed by atoms with Crippen molar-refractivity contribution in [2.75, 3.05) is 14.2 Å². The second-order valence-electron chi connectivity index (χ2n) is 6.27. The molecule has 0 spiro atoms. The van der Waals surface area contributed by atoms with Crippen LogP contribution in [-0.4, -0.2) is 14.2 Å². The summed E-state index contributed by atoms with van der Waals surface area (Å²) in [6, 6.07) is 7.49. The van der Waals surface area contributed by atoms with Crippen molar-refractivity contribution in [1.82, 2.24) is 0 Å². The first-order valence-corrected chi connectivity index (χ1v) is 8.73. The van der Waals surface area contributed by atoms with E-state index in [0.29, 0.717) is 11.3 Å². The summed E-state index contributed by atoms with van der Waals surface area (Å²) in [6.07, 6.45) is 0. The minimum absolute atomic E-state index is 0.0515. The fraction of sp³-hybridized carbons (Fsp3) is 0.438. The molecule has 2 N–H and O–H groups in total. The lowest BCUT2D eigenvalue weighted by atomic mass is 9.84. The lowest BCUT2D eigenvalue weighted by molar-refractivity contribution is 0.265.